The molecule has 1 aliphatic carbocycles. The Labute approximate surface area is 112 Å². The van der Waals surface area contributed by atoms with Crippen LogP contribution in [0.25, 0.3) is 0 Å². The molecule has 4 nitrogen and oxygen atoms in total. The van der Waals surface area contributed by atoms with Gasteiger partial charge in [-0.15, -0.1) is 0 Å². The predicted molar refractivity (Wildman–Crippen MR) is 72.2 cm³/mol. The molecule has 1 rings (SSSR count). The average molecular weight is 277 g/mol. The Morgan fingerprint density at radius 1 is 1.35 bits per heavy atom. The van der Waals surface area contributed by atoms with E-state index in [0.29, 0.717) is 5.92 Å². The van der Waals surface area contributed by atoms with Crippen molar-refractivity contribution in [1.29, 1.82) is 0 Å². The Morgan fingerprint density at radius 3 is 2.35 bits per heavy atom. The number of nitrogens with zero attached hydrogens (tertiary/aromatic N) is 2. The molecule has 0 bridgehead atoms. The van der Waals surface area contributed by atoms with E-state index in [1.165, 1.54) is 0 Å². The van der Waals surface area contributed by atoms with Gasteiger partial charge >= 0.3 is 5.97 Å². The van der Waals surface area contributed by atoms with Crippen LogP contribution in [0.15, 0.2) is 4.99 Å². The number of hydrogen-bond acceptors (Lipinski definition) is 3. The molecular weight excluding hydrogens is 260 g/mol. The lowest BCUT2D eigenvalue weighted by Gasteiger charge is -2.25. The zero-order chi connectivity index (χ0) is 12.8. The smallest absolute Gasteiger partial charge is 0.327 e. The zero-order valence-corrected chi connectivity index (χ0v) is 11.6. The molecule has 0 heterocycles. The summed E-state index contributed by atoms with van der Waals surface area (Å²) < 4.78 is 4.23. The van der Waals surface area contributed by atoms with Crippen molar-refractivity contribution in [2.75, 3.05) is 14.1 Å². The number of carbonyl (C=O) groups excluding carboxylic acids is 1. The van der Waals surface area contributed by atoms with Crippen LogP contribution >= 0.6 is 24.1 Å². The van der Waals surface area contributed by atoms with Crippen molar-refractivity contribution in [3.63, 3.8) is 0 Å². The molecule has 0 aliphatic heterocycles. The van der Waals surface area contributed by atoms with Crippen LogP contribution in [0, 0.1) is 11.8 Å². The Morgan fingerprint density at radius 2 is 1.88 bits per heavy atom. The number of rotatable bonds is 3. The molecule has 0 aromatic carbocycles. The van der Waals surface area contributed by atoms with Crippen molar-refractivity contribution in [2.24, 2.45) is 16.8 Å². The first-order valence-corrected chi connectivity index (χ1v) is 6.33. The van der Waals surface area contributed by atoms with Crippen molar-refractivity contribution in [3.05, 3.63) is 0 Å². The quantitative estimate of drug-likeness (QED) is 0.451. The summed E-state index contributed by atoms with van der Waals surface area (Å²) in [6, 6.07) is 0. The first-order valence-electron chi connectivity index (χ1n) is 5.61. The van der Waals surface area contributed by atoms with Gasteiger partial charge < -0.3 is 9.19 Å². The minimum Gasteiger partial charge on any atom is -0.369 e. The summed E-state index contributed by atoms with van der Waals surface area (Å²) in [7, 11) is 3.80. The maximum atomic E-state index is 11.2. The molecule has 1 fully saturated rings. The standard InChI is InChI=1S/C11H17ClN2O2S/c1-14(2)7-13-10(17)8-3-5-9(6-4-8)11(15)16-12/h7-9H,3-6H2,1-2H3. The number of halogens is 1. The lowest BCUT2D eigenvalue weighted by atomic mass is 9.82. The van der Waals surface area contributed by atoms with E-state index in [9.17, 15) is 4.79 Å². The summed E-state index contributed by atoms with van der Waals surface area (Å²) in [6.45, 7) is 0. The maximum absolute atomic E-state index is 11.2. The summed E-state index contributed by atoms with van der Waals surface area (Å²) in [6.07, 6.45) is 5.00. The van der Waals surface area contributed by atoms with Crippen molar-refractivity contribution in [2.45, 2.75) is 25.7 Å². The van der Waals surface area contributed by atoms with Gasteiger partial charge in [0.2, 0.25) is 0 Å². The number of thiocarbonyl (C=S) groups is 1. The fourth-order valence-corrected chi connectivity index (χ4v) is 2.33. The van der Waals surface area contributed by atoms with E-state index in [1.807, 2.05) is 19.0 Å². The van der Waals surface area contributed by atoms with Gasteiger partial charge in [-0.2, -0.15) is 0 Å². The lowest BCUT2D eigenvalue weighted by molar-refractivity contribution is -0.139. The van der Waals surface area contributed by atoms with E-state index in [0.717, 1.165) is 30.7 Å². The minimum absolute atomic E-state index is 0.0793. The second kappa shape index (κ2) is 6.91. The topological polar surface area (TPSA) is 41.9 Å². The Balaban J connectivity index is 2.41. The van der Waals surface area contributed by atoms with E-state index >= 15 is 0 Å². The van der Waals surface area contributed by atoms with Crippen molar-refractivity contribution in [1.82, 2.24) is 4.90 Å². The second-order valence-corrected chi connectivity index (χ2v) is 5.06. The largest absolute Gasteiger partial charge is 0.369 e. The fourth-order valence-electron chi connectivity index (χ4n) is 1.92. The molecule has 0 unspecified atom stereocenters. The highest BCUT2D eigenvalue weighted by Gasteiger charge is 2.29. The van der Waals surface area contributed by atoms with Crippen LogP contribution in [0.1, 0.15) is 25.7 Å². The first-order chi connectivity index (χ1) is 8.04. The molecular formula is C11H17ClN2O2S. The minimum atomic E-state index is -0.326. The Bertz CT molecular complexity index is 313. The third kappa shape index (κ3) is 4.60. The van der Waals surface area contributed by atoms with E-state index < -0.39 is 0 Å². The van der Waals surface area contributed by atoms with Crippen molar-refractivity contribution >= 4 is 41.4 Å². The molecule has 0 radical (unpaired) electrons. The van der Waals surface area contributed by atoms with Gasteiger partial charge in [-0.3, -0.25) is 4.79 Å². The third-order valence-electron chi connectivity index (χ3n) is 2.90. The van der Waals surface area contributed by atoms with Gasteiger partial charge in [0.25, 0.3) is 0 Å². The monoisotopic (exact) mass is 276 g/mol. The van der Waals surface area contributed by atoms with Gasteiger partial charge in [-0.05, 0) is 25.7 Å². The van der Waals surface area contributed by atoms with Gasteiger partial charge in [0.1, 0.15) is 16.9 Å². The summed E-state index contributed by atoms with van der Waals surface area (Å²) >= 11 is 10.3. The number of carbonyl (C=O) groups is 1. The second-order valence-electron chi connectivity index (χ2n) is 4.49. The van der Waals surface area contributed by atoms with Crippen LogP contribution in [0.5, 0.6) is 0 Å². The Kier molecular flexibility index (Phi) is 5.85. The summed E-state index contributed by atoms with van der Waals surface area (Å²) in [4.78, 5) is 18.0. The van der Waals surface area contributed by atoms with Gasteiger partial charge in [-0.25, -0.2) is 4.99 Å². The van der Waals surface area contributed by atoms with Gasteiger partial charge in [-0.1, -0.05) is 12.2 Å². The zero-order valence-electron chi connectivity index (χ0n) is 10.1. The summed E-state index contributed by atoms with van der Waals surface area (Å²) in [5, 5.41) is 0. The third-order valence-corrected chi connectivity index (χ3v) is 3.49. The molecule has 96 valence electrons. The number of hydrogen-bond donors (Lipinski definition) is 0. The predicted octanol–water partition coefficient (Wildman–Crippen LogP) is 2.41. The van der Waals surface area contributed by atoms with E-state index in [4.69, 9.17) is 24.1 Å². The van der Waals surface area contributed by atoms with Crippen molar-refractivity contribution < 1.29 is 9.08 Å². The van der Waals surface area contributed by atoms with Crippen LogP contribution in [0.3, 0.4) is 0 Å². The van der Waals surface area contributed by atoms with Crippen LogP contribution in [-0.4, -0.2) is 36.3 Å². The van der Waals surface area contributed by atoms with Crippen LogP contribution < -0.4 is 0 Å². The van der Waals surface area contributed by atoms with Gasteiger partial charge in [0.15, 0.2) is 0 Å². The Hall–Kier alpha value is -0.680. The molecule has 0 amide bonds. The SMILES string of the molecule is CN(C)C=NC(=S)C1CCC(C(=O)OCl)CC1. The molecule has 0 aromatic heterocycles. The molecule has 0 aromatic rings. The summed E-state index contributed by atoms with van der Waals surface area (Å²) in [5.74, 6) is -0.113. The highest BCUT2D eigenvalue weighted by atomic mass is 35.5. The molecule has 0 N–H and O–H groups in total. The number of aliphatic imine (C=N–C) groups is 1. The van der Waals surface area contributed by atoms with Crippen LogP contribution in [-0.2, 0) is 9.08 Å². The molecule has 17 heavy (non-hydrogen) atoms. The van der Waals surface area contributed by atoms with E-state index in [-0.39, 0.29) is 11.9 Å². The first kappa shape index (κ1) is 14.4. The van der Waals surface area contributed by atoms with Gasteiger partial charge in [0.05, 0.1) is 12.3 Å². The van der Waals surface area contributed by atoms with E-state index in [1.54, 1.807) is 6.34 Å². The molecule has 1 aliphatic rings. The highest BCUT2D eigenvalue weighted by Crippen LogP contribution is 2.31. The summed E-state index contributed by atoms with van der Waals surface area (Å²) in [5.41, 5.74) is 0. The van der Waals surface area contributed by atoms with Crippen LogP contribution in [0.4, 0.5) is 0 Å². The molecule has 0 spiro atoms. The maximum Gasteiger partial charge on any atom is 0.327 e. The van der Waals surface area contributed by atoms with Crippen LogP contribution in [0.2, 0.25) is 0 Å². The highest BCUT2D eigenvalue weighted by molar-refractivity contribution is 7.80. The molecule has 0 saturated heterocycles. The average Bonchev–Trinajstić information content (AvgIpc) is 2.35. The fraction of sp³-hybridized carbons (Fsp3) is 0.727. The molecule has 6 heteroatoms. The molecule has 0 atom stereocenters. The lowest BCUT2D eigenvalue weighted by Crippen LogP contribution is -2.25. The van der Waals surface area contributed by atoms with Crippen molar-refractivity contribution in [3.8, 4) is 0 Å². The van der Waals surface area contributed by atoms with Gasteiger partial charge in [0, 0.05) is 20.0 Å². The molecule has 1 saturated carbocycles. The van der Waals surface area contributed by atoms with E-state index in [2.05, 4.69) is 9.28 Å². The normalized spacial score (nSPS) is 24.6.